The molecule has 0 aromatic heterocycles. The van der Waals surface area contributed by atoms with Crippen molar-refractivity contribution in [3.05, 3.63) is 0 Å². The summed E-state index contributed by atoms with van der Waals surface area (Å²) in [6.07, 6.45) is 0.246. The molecule has 102 valence electrons. The first-order valence-corrected chi connectivity index (χ1v) is 5.53. The standard InChI is InChI=1S/C10H17N3O5/c1-18-6-2-3-13(5-6)10(17)12-7(9(15)16)4-8(11)14/h6-7H,2-5H2,1H3,(H2,11,14)(H,12,17)(H,15,16). The van der Waals surface area contributed by atoms with E-state index in [1.165, 1.54) is 4.90 Å². The number of nitrogens with one attached hydrogen (secondary N) is 1. The monoisotopic (exact) mass is 259 g/mol. The van der Waals surface area contributed by atoms with E-state index >= 15 is 0 Å². The number of likely N-dealkylation sites (tertiary alicyclic amines) is 1. The maximum Gasteiger partial charge on any atom is 0.326 e. The number of hydrogen-bond donors (Lipinski definition) is 3. The van der Waals surface area contributed by atoms with E-state index in [1.807, 2.05) is 0 Å². The van der Waals surface area contributed by atoms with Crippen molar-refractivity contribution in [3.63, 3.8) is 0 Å². The zero-order valence-corrected chi connectivity index (χ0v) is 10.1. The third kappa shape index (κ3) is 3.88. The zero-order valence-electron chi connectivity index (χ0n) is 10.1. The van der Waals surface area contributed by atoms with E-state index in [-0.39, 0.29) is 6.10 Å². The molecule has 1 rings (SSSR count). The van der Waals surface area contributed by atoms with Crippen molar-refractivity contribution in [2.45, 2.75) is 25.0 Å². The molecule has 1 aliphatic heterocycles. The SMILES string of the molecule is COC1CCN(C(=O)NC(CC(N)=O)C(=O)O)C1. The predicted octanol–water partition coefficient (Wildman–Crippen LogP) is -1.25. The highest BCUT2D eigenvalue weighted by atomic mass is 16.5. The number of nitrogens with zero attached hydrogens (tertiary/aromatic N) is 1. The second-order valence-corrected chi connectivity index (χ2v) is 4.10. The van der Waals surface area contributed by atoms with E-state index in [4.69, 9.17) is 15.6 Å². The molecule has 0 aliphatic carbocycles. The Morgan fingerprint density at radius 2 is 2.22 bits per heavy atom. The van der Waals surface area contributed by atoms with Crippen molar-refractivity contribution >= 4 is 17.9 Å². The van der Waals surface area contributed by atoms with Crippen molar-refractivity contribution in [2.24, 2.45) is 5.73 Å². The second kappa shape index (κ2) is 6.20. The van der Waals surface area contributed by atoms with Gasteiger partial charge in [0.15, 0.2) is 0 Å². The van der Waals surface area contributed by atoms with Crippen molar-refractivity contribution in [2.75, 3.05) is 20.2 Å². The highest BCUT2D eigenvalue weighted by Gasteiger charge is 2.29. The fourth-order valence-electron chi connectivity index (χ4n) is 1.75. The predicted molar refractivity (Wildman–Crippen MR) is 60.8 cm³/mol. The Kier molecular flexibility index (Phi) is 4.90. The molecule has 8 heteroatoms. The Morgan fingerprint density at radius 1 is 1.56 bits per heavy atom. The van der Waals surface area contributed by atoms with Crippen LogP contribution < -0.4 is 11.1 Å². The van der Waals surface area contributed by atoms with Crippen LogP contribution in [0.5, 0.6) is 0 Å². The molecule has 18 heavy (non-hydrogen) atoms. The maximum absolute atomic E-state index is 11.7. The Bertz CT molecular complexity index is 346. The van der Waals surface area contributed by atoms with Gasteiger partial charge in [-0.2, -0.15) is 0 Å². The van der Waals surface area contributed by atoms with E-state index in [0.717, 1.165) is 0 Å². The van der Waals surface area contributed by atoms with Gasteiger partial charge in [-0.1, -0.05) is 0 Å². The van der Waals surface area contributed by atoms with Gasteiger partial charge in [-0.3, -0.25) is 4.79 Å². The quantitative estimate of drug-likeness (QED) is 0.569. The number of carboxylic acid groups (broad SMARTS) is 1. The summed E-state index contributed by atoms with van der Waals surface area (Å²) in [4.78, 5) is 34.7. The lowest BCUT2D eigenvalue weighted by molar-refractivity contribution is -0.140. The van der Waals surface area contributed by atoms with Crippen LogP contribution in [0.15, 0.2) is 0 Å². The number of hydrogen-bond acceptors (Lipinski definition) is 4. The summed E-state index contributed by atoms with van der Waals surface area (Å²) < 4.78 is 5.10. The molecule has 0 aromatic carbocycles. The number of primary amides is 1. The number of amides is 3. The Morgan fingerprint density at radius 3 is 2.67 bits per heavy atom. The van der Waals surface area contributed by atoms with E-state index in [2.05, 4.69) is 5.32 Å². The normalized spacial score (nSPS) is 20.5. The molecule has 0 saturated carbocycles. The van der Waals surface area contributed by atoms with Gasteiger partial charge < -0.3 is 25.8 Å². The molecule has 2 unspecified atom stereocenters. The van der Waals surface area contributed by atoms with Crippen molar-refractivity contribution in [1.29, 1.82) is 0 Å². The van der Waals surface area contributed by atoms with Gasteiger partial charge in [-0.25, -0.2) is 9.59 Å². The largest absolute Gasteiger partial charge is 0.480 e. The number of aliphatic carboxylic acids is 1. The average Bonchev–Trinajstić information content (AvgIpc) is 2.75. The highest BCUT2D eigenvalue weighted by molar-refractivity contribution is 5.87. The summed E-state index contributed by atoms with van der Waals surface area (Å²) in [5, 5.41) is 11.1. The van der Waals surface area contributed by atoms with Gasteiger partial charge in [0.2, 0.25) is 5.91 Å². The van der Waals surface area contributed by atoms with Gasteiger partial charge in [0.25, 0.3) is 0 Å². The lowest BCUT2D eigenvalue weighted by Crippen LogP contribution is -2.48. The van der Waals surface area contributed by atoms with Crippen LogP contribution in [0.3, 0.4) is 0 Å². The van der Waals surface area contributed by atoms with Crippen LogP contribution in [-0.4, -0.2) is 60.3 Å². The third-order valence-corrected chi connectivity index (χ3v) is 2.77. The van der Waals surface area contributed by atoms with Crippen molar-refractivity contribution in [1.82, 2.24) is 10.2 Å². The van der Waals surface area contributed by atoms with E-state index < -0.39 is 30.4 Å². The molecule has 4 N–H and O–H groups in total. The van der Waals surface area contributed by atoms with Crippen LogP contribution in [0.2, 0.25) is 0 Å². The van der Waals surface area contributed by atoms with Crippen LogP contribution in [0, 0.1) is 0 Å². The molecule has 3 amide bonds. The number of nitrogens with two attached hydrogens (primary N) is 1. The molecule has 8 nitrogen and oxygen atoms in total. The molecule has 2 atom stereocenters. The molecule has 1 aliphatic rings. The number of urea groups is 1. The van der Waals surface area contributed by atoms with Crippen LogP contribution in [0.4, 0.5) is 4.79 Å². The summed E-state index contributed by atoms with van der Waals surface area (Å²) in [5.74, 6) is -2.07. The fourth-order valence-corrected chi connectivity index (χ4v) is 1.75. The van der Waals surface area contributed by atoms with Gasteiger partial charge in [0.1, 0.15) is 6.04 Å². The Labute approximate surface area is 104 Å². The molecular formula is C10H17N3O5. The number of rotatable bonds is 5. The number of methoxy groups -OCH3 is 1. The molecular weight excluding hydrogens is 242 g/mol. The molecule has 0 aromatic rings. The van der Waals surface area contributed by atoms with Crippen LogP contribution in [-0.2, 0) is 14.3 Å². The van der Waals surface area contributed by atoms with Gasteiger partial charge in [-0.05, 0) is 6.42 Å². The minimum Gasteiger partial charge on any atom is -0.480 e. The van der Waals surface area contributed by atoms with E-state index in [9.17, 15) is 14.4 Å². The molecule has 0 radical (unpaired) electrons. The summed E-state index contributed by atoms with van der Waals surface area (Å²) in [6.45, 7) is 0.901. The Hall–Kier alpha value is -1.83. The number of carbonyl (C=O) groups excluding carboxylic acids is 2. The number of carboxylic acids is 1. The summed E-state index contributed by atoms with van der Waals surface area (Å²) in [7, 11) is 1.55. The minimum absolute atomic E-state index is 0.0323. The molecule has 1 saturated heterocycles. The van der Waals surface area contributed by atoms with E-state index in [0.29, 0.717) is 19.5 Å². The average molecular weight is 259 g/mol. The second-order valence-electron chi connectivity index (χ2n) is 4.10. The van der Waals surface area contributed by atoms with Crippen LogP contribution in [0.1, 0.15) is 12.8 Å². The Balaban J connectivity index is 2.51. The first kappa shape index (κ1) is 14.2. The van der Waals surface area contributed by atoms with Crippen LogP contribution >= 0.6 is 0 Å². The summed E-state index contributed by atoms with van der Waals surface area (Å²) in [5.41, 5.74) is 4.92. The third-order valence-electron chi connectivity index (χ3n) is 2.77. The van der Waals surface area contributed by atoms with Gasteiger partial charge in [0, 0.05) is 20.2 Å². The van der Waals surface area contributed by atoms with E-state index in [1.54, 1.807) is 7.11 Å². The molecule has 0 bridgehead atoms. The van der Waals surface area contributed by atoms with Gasteiger partial charge in [0.05, 0.1) is 12.5 Å². The molecule has 1 fully saturated rings. The van der Waals surface area contributed by atoms with Gasteiger partial charge in [-0.15, -0.1) is 0 Å². The lowest BCUT2D eigenvalue weighted by Gasteiger charge is -2.20. The highest BCUT2D eigenvalue weighted by Crippen LogP contribution is 2.11. The first-order valence-electron chi connectivity index (χ1n) is 5.53. The molecule has 0 spiro atoms. The summed E-state index contributed by atoms with van der Waals surface area (Å²) >= 11 is 0. The topological polar surface area (TPSA) is 122 Å². The lowest BCUT2D eigenvalue weighted by atomic mass is 10.2. The number of carbonyl (C=O) groups is 3. The minimum atomic E-state index is -1.29. The zero-order chi connectivity index (χ0) is 13.7. The van der Waals surface area contributed by atoms with Crippen molar-refractivity contribution < 1.29 is 24.2 Å². The molecule has 1 heterocycles. The first-order chi connectivity index (χ1) is 8.43. The summed E-state index contributed by atoms with van der Waals surface area (Å²) in [6, 6.07) is -1.82. The fraction of sp³-hybridized carbons (Fsp3) is 0.700. The number of ether oxygens (including phenoxy) is 1. The smallest absolute Gasteiger partial charge is 0.326 e. The van der Waals surface area contributed by atoms with Crippen LogP contribution in [0.25, 0.3) is 0 Å². The van der Waals surface area contributed by atoms with Crippen molar-refractivity contribution in [3.8, 4) is 0 Å². The van der Waals surface area contributed by atoms with Gasteiger partial charge >= 0.3 is 12.0 Å². The maximum atomic E-state index is 11.7.